The van der Waals surface area contributed by atoms with E-state index in [1.54, 1.807) is 6.21 Å². The molecule has 0 aliphatic heterocycles. The van der Waals surface area contributed by atoms with Crippen LogP contribution in [0.4, 0.5) is 18.9 Å². The second-order valence-electron chi connectivity index (χ2n) is 5.49. The lowest BCUT2D eigenvalue weighted by Gasteiger charge is -2.06. The third-order valence-electron chi connectivity index (χ3n) is 3.75. The van der Waals surface area contributed by atoms with Crippen molar-refractivity contribution < 1.29 is 13.2 Å². The molecule has 1 N–H and O–H groups in total. The summed E-state index contributed by atoms with van der Waals surface area (Å²) >= 11 is 0. The molecule has 1 heterocycles. The molecule has 0 bridgehead atoms. The molecule has 1 aromatic heterocycles. The molecule has 0 saturated carbocycles. The molecular weight excluding hydrogens is 327 g/mol. The number of hydrazone groups is 1. The number of halogens is 3. The van der Waals surface area contributed by atoms with Crippen LogP contribution in [0, 0.1) is 0 Å². The molecule has 0 aliphatic rings. The van der Waals surface area contributed by atoms with Crippen LogP contribution >= 0.6 is 0 Å². The van der Waals surface area contributed by atoms with Crippen molar-refractivity contribution in [3.05, 3.63) is 78.5 Å². The van der Waals surface area contributed by atoms with Gasteiger partial charge in [-0.1, -0.05) is 24.3 Å². The highest BCUT2D eigenvalue weighted by Crippen LogP contribution is 2.29. The topological polar surface area (TPSA) is 29.3 Å². The minimum absolute atomic E-state index is 0.485. The predicted octanol–water partition coefficient (Wildman–Crippen LogP) is 5.29. The predicted molar refractivity (Wildman–Crippen MR) is 94.8 cm³/mol. The Balaban J connectivity index is 1.78. The van der Waals surface area contributed by atoms with Crippen LogP contribution in [-0.4, -0.2) is 10.8 Å². The van der Waals surface area contributed by atoms with E-state index in [0.717, 1.165) is 28.6 Å². The molecule has 6 heteroatoms. The summed E-state index contributed by atoms with van der Waals surface area (Å²) in [6.07, 6.45) is 1.09. The first kappa shape index (κ1) is 16.8. The lowest BCUT2D eigenvalue weighted by atomic mass is 10.2. The van der Waals surface area contributed by atoms with Crippen molar-refractivity contribution in [1.82, 2.24) is 4.57 Å². The van der Waals surface area contributed by atoms with Crippen molar-refractivity contribution in [2.24, 2.45) is 5.10 Å². The molecule has 0 radical (unpaired) electrons. The van der Waals surface area contributed by atoms with Crippen LogP contribution in [0.1, 0.15) is 11.1 Å². The zero-order chi connectivity index (χ0) is 17.9. The summed E-state index contributed by atoms with van der Waals surface area (Å²) in [5.41, 5.74) is 4.53. The Bertz CT molecular complexity index is 906. The first-order chi connectivity index (χ1) is 12.0. The number of anilines is 1. The number of para-hydroxylation sites is 1. The van der Waals surface area contributed by atoms with Gasteiger partial charge in [0.25, 0.3) is 0 Å². The highest BCUT2D eigenvalue weighted by molar-refractivity contribution is 5.99. The van der Waals surface area contributed by atoms with E-state index in [1.165, 1.54) is 12.1 Å². The van der Waals surface area contributed by atoms with Crippen molar-refractivity contribution in [2.45, 2.75) is 12.7 Å². The summed E-state index contributed by atoms with van der Waals surface area (Å²) in [6, 6.07) is 12.7. The quantitative estimate of drug-likeness (QED) is 0.381. The van der Waals surface area contributed by atoms with Gasteiger partial charge in [0.1, 0.15) is 0 Å². The number of nitrogens with one attached hydrogen (secondary N) is 1. The van der Waals surface area contributed by atoms with E-state index in [4.69, 9.17) is 0 Å². The fraction of sp³-hybridized carbons (Fsp3) is 0.105. The van der Waals surface area contributed by atoms with Crippen LogP contribution in [0.2, 0.25) is 0 Å². The van der Waals surface area contributed by atoms with Crippen LogP contribution in [0.3, 0.4) is 0 Å². The molecule has 3 aromatic rings. The number of rotatable bonds is 5. The fourth-order valence-corrected chi connectivity index (χ4v) is 2.58. The lowest BCUT2D eigenvalue weighted by molar-refractivity contribution is -0.137. The Labute approximate surface area is 143 Å². The van der Waals surface area contributed by atoms with Gasteiger partial charge in [-0.25, -0.2) is 0 Å². The maximum absolute atomic E-state index is 12.5. The van der Waals surface area contributed by atoms with Gasteiger partial charge in [-0.05, 0) is 30.3 Å². The number of aromatic nitrogens is 1. The Morgan fingerprint density at radius 3 is 2.48 bits per heavy atom. The maximum atomic E-state index is 12.5. The van der Waals surface area contributed by atoms with Gasteiger partial charge in [0.05, 0.1) is 17.5 Å². The van der Waals surface area contributed by atoms with Gasteiger partial charge >= 0.3 is 6.18 Å². The maximum Gasteiger partial charge on any atom is 0.416 e. The van der Waals surface area contributed by atoms with Crippen LogP contribution in [-0.2, 0) is 12.7 Å². The first-order valence-corrected chi connectivity index (χ1v) is 7.64. The van der Waals surface area contributed by atoms with Gasteiger partial charge in [0.2, 0.25) is 0 Å². The third-order valence-corrected chi connectivity index (χ3v) is 3.75. The van der Waals surface area contributed by atoms with Crippen LogP contribution in [0.15, 0.2) is 72.5 Å². The van der Waals surface area contributed by atoms with Crippen molar-refractivity contribution in [3.63, 3.8) is 0 Å². The van der Waals surface area contributed by atoms with Crippen molar-refractivity contribution in [3.8, 4) is 0 Å². The van der Waals surface area contributed by atoms with Crippen molar-refractivity contribution in [2.75, 3.05) is 5.43 Å². The zero-order valence-corrected chi connectivity index (χ0v) is 13.3. The van der Waals surface area contributed by atoms with E-state index in [0.29, 0.717) is 12.2 Å². The van der Waals surface area contributed by atoms with Gasteiger partial charge in [-0.15, -0.1) is 6.58 Å². The van der Waals surface area contributed by atoms with Gasteiger partial charge in [-0.3, -0.25) is 5.43 Å². The molecule has 0 fully saturated rings. The van der Waals surface area contributed by atoms with Crippen LogP contribution < -0.4 is 5.43 Å². The molecule has 3 rings (SSSR count). The normalized spacial score (nSPS) is 12.0. The molecule has 0 atom stereocenters. The standard InChI is InChI=1S/C19H16F3N3/c1-2-11-25-13-14(17-5-3-4-6-18(17)25)12-23-24-16-9-7-15(8-10-16)19(20,21)22/h2-10,12-13,24H,1,11H2/b23-12+. The Kier molecular flexibility index (Phi) is 4.61. The van der Waals surface area contributed by atoms with Gasteiger partial charge in [0, 0.05) is 29.2 Å². The summed E-state index contributed by atoms with van der Waals surface area (Å²) in [6.45, 7) is 4.43. The third kappa shape index (κ3) is 3.74. The average Bonchev–Trinajstić information content (AvgIpc) is 2.93. The summed E-state index contributed by atoms with van der Waals surface area (Å²) in [7, 11) is 0. The molecule has 128 valence electrons. The molecular formula is C19H16F3N3. The largest absolute Gasteiger partial charge is 0.416 e. The average molecular weight is 343 g/mol. The molecule has 0 aliphatic carbocycles. The van der Waals surface area contributed by atoms with Gasteiger partial charge < -0.3 is 4.57 Å². The minimum atomic E-state index is -4.34. The number of hydrogen-bond donors (Lipinski definition) is 1. The summed E-state index contributed by atoms with van der Waals surface area (Å²) in [5, 5.41) is 5.18. The number of allylic oxidation sites excluding steroid dienone is 1. The number of benzene rings is 2. The van der Waals surface area contributed by atoms with E-state index in [9.17, 15) is 13.2 Å². The minimum Gasteiger partial charge on any atom is -0.343 e. The number of fused-ring (bicyclic) bond motifs is 1. The summed E-state index contributed by atoms with van der Waals surface area (Å²) in [4.78, 5) is 0. The van der Waals surface area contributed by atoms with E-state index in [1.807, 2.05) is 36.5 Å². The molecule has 3 nitrogen and oxygen atoms in total. The second kappa shape index (κ2) is 6.84. The molecule has 0 saturated heterocycles. The van der Waals surface area contributed by atoms with E-state index < -0.39 is 11.7 Å². The number of nitrogens with zero attached hydrogens (tertiary/aromatic N) is 2. The molecule has 2 aromatic carbocycles. The van der Waals surface area contributed by atoms with Gasteiger partial charge in [-0.2, -0.15) is 18.3 Å². The van der Waals surface area contributed by atoms with Gasteiger partial charge in [0.15, 0.2) is 0 Å². The fourth-order valence-electron chi connectivity index (χ4n) is 2.58. The summed E-state index contributed by atoms with van der Waals surface area (Å²) < 4.78 is 39.7. The van der Waals surface area contributed by atoms with Crippen LogP contribution in [0.5, 0.6) is 0 Å². The monoisotopic (exact) mass is 343 g/mol. The molecule has 25 heavy (non-hydrogen) atoms. The van der Waals surface area contributed by atoms with E-state index >= 15 is 0 Å². The Morgan fingerprint density at radius 2 is 1.80 bits per heavy atom. The highest BCUT2D eigenvalue weighted by Gasteiger charge is 2.29. The molecule has 0 amide bonds. The number of hydrogen-bond acceptors (Lipinski definition) is 2. The summed E-state index contributed by atoms with van der Waals surface area (Å²) in [5.74, 6) is 0. The smallest absolute Gasteiger partial charge is 0.343 e. The SMILES string of the molecule is C=CCn1cc(/C=N/Nc2ccc(C(F)(F)F)cc2)c2ccccc21. The Morgan fingerprint density at radius 1 is 1.08 bits per heavy atom. The van der Waals surface area contributed by atoms with Crippen molar-refractivity contribution in [1.29, 1.82) is 0 Å². The van der Waals surface area contributed by atoms with Crippen molar-refractivity contribution >= 4 is 22.8 Å². The van der Waals surface area contributed by atoms with E-state index in [2.05, 4.69) is 21.7 Å². The van der Waals surface area contributed by atoms with E-state index in [-0.39, 0.29) is 0 Å². The molecule has 0 unspecified atom stereocenters. The Hall–Kier alpha value is -3.02. The lowest BCUT2D eigenvalue weighted by Crippen LogP contribution is -2.04. The van der Waals surface area contributed by atoms with Crippen LogP contribution in [0.25, 0.3) is 10.9 Å². The number of alkyl halides is 3. The first-order valence-electron chi connectivity index (χ1n) is 7.64. The molecule has 0 spiro atoms. The highest BCUT2D eigenvalue weighted by atomic mass is 19.4. The second-order valence-corrected chi connectivity index (χ2v) is 5.49. The zero-order valence-electron chi connectivity index (χ0n) is 13.3.